The molecule has 1 fully saturated rings. The molecule has 0 spiro atoms. The Bertz CT molecular complexity index is 481. The number of carbonyl (C=O) groups is 1. The van der Waals surface area contributed by atoms with Crippen molar-refractivity contribution in [1.29, 1.82) is 0 Å². The molecule has 1 aliphatic rings. The van der Waals surface area contributed by atoms with Crippen LogP contribution in [0.2, 0.25) is 0 Å². The SMILES string of the molecule is O=C(OC(C(F)(F)F)C(F)(F)S(=O)(=O)O)C1CCCCC1. The van der Waals surface area contributed by atoms with Gasteiger partial charge in [0.05, 0.1) is 5.92 Å². The topological polar surface area (TPSA) is 80.7 Å². The molecule has 124 valence electrons. The van der Waals surface area contributed by atoms with Crippen LogP contribution in [0.4, 0.5) is 22.0 Å². The number of rotatable bonds is 4. The first kappa shape index (κ1) is 18.1. The van der Waals surface area contributed by atoms with E-state index in [9.17, 15) is 35.2 Å². The van der Waals surface area contributed by atoms with E-state index in [0.29, 0.717) is 12.8 Å². The summed E-state index contributed by atoms with van der Waals surface area (Å²) in [5.41, 5.74) is 0. The lowest BCUT2D eigenvalue weighted by Crippen LogP contribution is -2.52. The molecule has 1 unspecified atom stereocenters. The summed E-state index contributed by atoms with van der Waals surface area (Å²) in [7, 11) is -6.39. The molecule has 1 atom stereocenters. The fourth-order valence-corrected chi connectivity index (χ4v) is 2.46. The number of carbonyl (C=O) groups excluding carboxylic acids is 1. The quantitative estimate of drug-likeness (QED) is 0.483. The zero-order valence-electron chi connectivity index (χ0n) is 10.6. The van der Waals surface area contributed by atoms with Gasteiger partial charge in [0.1, 0.15) is 0 Å². The van der Waals surface area contributed by atoms with Crippen molar-refractivity contribution in [3.8, 4) is 0 Å². The number of alkyl halides is 5. The smallest absolute Gasteiger partial charge is 0.432 e. The molecule has 1 N–H and O–H groups in total. The predicted molar refractivity (Wildman–Crippen MR) is 59.0 cm³/mol. The molecule has 1 aliphatic carbocycles. The third-order valence-electron chi connectivity index (χ3n) is 3.12. The second kappa shape index (κ2) is 6.03. The van der Waals surface area contributed by atoms with Gasteiger partial charge in [-0.25, -0.2) is 0 Å². The molecular weight excluding hydrogens is 327 g/mol. The number of halogens is 5. The summed E-state index contributed by atoms with van der Waals surface area (Å²) in [6.45, 7) is 0. The van der Waals surface area contributed by atoms with Crippen molar-refractivity contribution in [2.45, 2.75) is 49.6 Å². The normalized spacial score (nSPS) is 20.1. The molecule has 0 aliphatic heterocycles. The van der Waals surface area contributed by atoms with Crippen LogP contribution >= 0.6 is 0 Å². The average Bonchev–Trinajstić information content (AvgIpc) is 2.33. The van der Waals surface area contributed by atoms with Crippen molar-refractivity contribution >= 4 is 16.1 Å². The van der Waals surface area contributed by atoms with Crippen molar-refractivity contribution in [3.63, 3.8) is 0 Å². The standard InChI is InChI=1S/C10H13F5O5S/c11-9(12,13)8(10(14,15)21(17,18)19)20-7(16)6-4-2-1-3-5-6/h6,8H,1-5H2,(H,17,18,19). The van der Waals surface area contributed by atoms with Gasteiger partial charge < -0.3 is 4.74 Å². The highest BCUT2D eigenvalue weighted by molar-refractivity contribution is 7.86. The first-order chi connectivity index (χ1) is 9.37. The molecule has 1 rings (SSSR count). The van der Waals surface area contributed by atoms with Crippen LogP contribution in [0.1, 0.15) is 32.1 Å². The van der Waals surface area contributed by atoms with Gasteiger partial charge in [-0.1, -0.05) is 19.3 Å². The third-order valence-corrected chi connectivity index (χ3v) is 4.02. The van der Waals surface area contributed by atoms with Gasteiger partial charge in [0.15, 0.2) is 0 Å². The van der Waals surface area contributed by atoms with Crippen molar-refractivity contribution < 1.29 is 44.5 Å². The van der Waals surface area contributed by atoms with Crippen LogP contribution in [0.5, 0.6) is 0 Å². The Labute approximate surface area is 117 Å². The number of ether oxygens (including phenoxy) is 1. The monoisotopic (exact) mass is 340 g/mol. The minimum Gasteiger partial charge on any atom is -0.444 e. The molecule has 0 saturated heterocycles. The largest absolute Gasteiger partial charge is 0.444 e. The molecule has 1 saturated carbocycles. The van der Waals surface area contributed by atoms with E-state index in [4.69, 9.17) is 4.55 Å². The second-order valence-corrected chi connectivity index (χ2v) is 6.22. The van der Waals surface area contributed by atoms with Crippen LogP contribution in [0.3, 0.4) is 0 Å². The van der Waals surface area contributed by atoms with Crippen molar-refractivity contribution in [2.24, 2.45) is 5.92 Å². The van der Waals surface area contributed by atoms with Gasteiger partial charge in [-0.05, 0) is 12.8 Å². The summed E-state index contributed by atoms with van der Waals surface area (Å²) in [5.74, 6) is -2.53. The Balaban J connectivity index is 2.97. The number of hydrogen-bond donors (Lipinski definition) is 1. The molecule has 11 heteroatoms. The highest BCUT2D eigenvalue weighted by Crippen LogP contribution is 2.39. The molecule has 21 heavy (non-hydrogen) atoms. The lowest BCUT2D eigenvalue weighted by Gasteiger charge is -2.28. The Morgan fingerprint density at radius 3 is 1.95 bits per heavy atom. The summed E-state index contributed by atoms with van der Waals surface area (Å²) in [5, 5.41) is -5.67. The summed E-state index contributed by atoms with van der Waals surface area (Å²) in [6, 6.07) is 0. The maximum atomic E-state index is 13.2. The van der Waals surface area contributed by atoms with Crippen LogP contribution in [-0.4, -0.2) is 36.5 Å². The molecular formula is C10H13F5O5S. The molecule has 0 aromatic rings. The lowest BCUT2D eigenvalue weighted by atomic mass is 9.89. The van der Waals surface area contributed by atoms with Crippen LogP contribution in [-0.2, 0) is 19.6 Å². The molecule has 0 heterocycles. The maximum Gasteiger partial charge on any atom is 0.432 e. The molecule has 0 aromatic heterocycles. The minimum atomic E-state index is -6.39. The van der Waals surface area contributed by atoms with E-state index in [1.807, 2.05) is 0 Å². The van der Waals surface area contributed by atoms with Gasteiger partial charge in [0, 0.05) is 0 Å². The van der Waals surface area contributed by atoms with E-state index in [2.05, 4.69) is 4.74 Å². The van der Waals surface area contributed by atoms with Gasteiger partial charge in [0.2, 0.25) is 0 Å². The fraction of sp³-hybridized carbons (Fsp3) is 0.900. The fourth-order valence-electron chi connectivity index (χ4n) is 2.01. The highest BCUT2D eigenvalue weighted by Gasteiger charge is 2.66. The Hall–Kier alpha value is -0.970. The Morgan fingerprint density at radius 1 is 1.10 bits per heavy atom. The lowest BCUT2D eigenvalue weighted by molar-refractivity contribution is -0.261. The van der Waals surface area contributed by atoms with Crippen molar-refractivity contribution in [3.05, 3.63) is 0 Å². The van der Waals surface area contributed by atoms with Crippen molar-refractivity contribution in [2.75, 3.05) is 0 Å². The summed E-state index contributed by atoms with van der Waals surface area (Å²) < 4.78 is 96.7. The van der Waals surface area contributed by atoms with Crippen LogP contribution < -0.4 is 0 Å². The predicted octanol–water partition coefficient (Wildman–Crippen LogP) is 2.52. The number of esters is 1. The van der Waals surface area contributed by atoms with Crippen molar-refractivity contribution in [1.82, 2.24) is 0 Å². The zero-order chi connectivity index (χ0) is 16.5. The average molecular weight is 340 g/mol. The Kier molecular flexibility index (Phi) is 5.19. The first-order valence-electron chi connectivity index (χ1n) is 5.99. The molecule has 0 aromatic carbocycles. The zero-order valence-corrected chi connectivity index (χ0v) is 11.4. The second-order valence-electron chi connectivity index (χ2n) is 4.73. The van der Waals surface area contributed by atoms with Gasteiger partial charge in [0.25, 0.3) is 6.10 Å². The van der Waals surface area contributed by atoms with E-state index in [1.54, 1.807) is 0 Å². The van der Waals surface area contributed by atoms with Crippen LogP contribution in [0, 0.1) is 5.92 Å². The van der Waals surface area contributed by atoms with Crippen LogP contribution in [0.25, 0.3) is 0 Å². The molecule has 5 nitrogen and oxygen atoms in total. The third kappa shape index (κ3) is 4.25. The van der Waals surface area contributed by atoms with Gasteiger partial charge >= 0.3 is 27.5 Å². The molecule has 0 radical (unpaired) electrons. The van der Waals surface area contributed by atoms with Gasteiger partial charge in [-0.2, -0.15) is 30.4 Å². The van der Waals surface area contributed by atoms with E-state index in [1.165, 1.54) is 0 Å². The van der Waals surface area contributed by atoms with E-state index < -0.39 is 39.5 Å². The molecule has 0 bridgehead atoms. The first-order valence-corrected chi connectivity index (χ1v) is 7.43. The number of hydrogen-bond acceptors (Lipinski definition) is 4. The maximum absolute atomic E-state index is 13.2. The summed E-state index contributed by atoms with van der Waals surface area (Å²) in [4.78, 5) is 11.5. The summed E-state index contributed by atoms with van der Waals surface area (Å²) >= 11 is 0. The summed E-state index contributed by atoms with van der Waals surface area (Å²) in [6.07, 6.45) is -7.90. The Morgan fingerprint density at radius 2 is 1.57 bits per heavy atom. The minimum absolute atomic E-state index is 0.181. The van der Waals surface area contributed by atoms with E-state index in [0.717, 1.165) is 6.42 Å². The van der Waals surface area contributed by atoms with Gasteiger partial charge in [-0.15, -0.1) is 0 Å². The van der Waals surface area contributed by atoms with E-state index in [-0.39, 0.29) is 12.8 Å². The van der Waals surface area contributed by atoms with Gasteiger partial charge in [-0.3, -0.25) is 9.35 Å². The van der Waals surface area contributed by atoms with E-state index >= 15 is 0 Å². The molecule has 0 amide bonds. The van der Waals surface area contributed by atoms with Crippen LogP contribution in [0.15, 0.2) is 0 Å². The highest BCUT2D eigenvalue weighted by atomic mass is 32.2.